The van der Waals surface area contributed by atoms with E-state index in [2.05, 4.69) is 74.2 Å². The van der Waals surface area contributed by atoms with Gasteiger partial charge in [0.05, 0.1) is 0 Å². The third kappa shape index (κ3) is 11.2. The van der Waals surface area contributed by atoms with Crippen LogP contribution < -0.4 is 4.74 Å². The minimum atomic E-state index is -0.694. The van der Waals surface area contributed by atoms with Crippen LogP contribution in [0.5, 0.6) is 5.75 Å². The van der Waals surface area contributed by atoms with E-state index >= 15 is 0 Å². The van der Waals surface area contributed by atoms with Gasteiger partial charge < -0.3 is 18.9 Å². The van der Waals surface area contributed by atoms with Crippen molar-refractivity contribution in [2.75, 3.05) is 0 Å². The third-order valence-corrected chi connectivity index (χ3v) is 6.15. The van der Waals surface area contributed by atoms with Crippen LogP contribution in [0.15, 0.2) is 109 Å². The van der Waals surface area contributed by atoms with Crippen molar-refractivity contribution in [3.8, 4) is 64.8 Å². The molecular weight excluding hydrogens is 632 g/mol. The van der Waals surface area contributed by atoms with Crippen LogP contribution in [0.25, 0.3) is 11.1 Å². The molecule has 0 unspecified atom stereocenters. The quantitative estimate of drug-likeness (QED) is 0.0967. The summed E-state index contributed by atoms with van der Waals surface area (Å²) in [4.78, 5) is 47.8. The van der Waals surface area contributed by atoms with Gasteiger partial charge in [0, 0.05) is 55.7 Å². The van der Waals surface area contributed by atoms with Gasteiger partial charge in [0.2, 0.25) is 0 Å². The molecule has 0 amide bonds. The maximum Gasteiger partial charge on any atom is 0.347 e. The molecule has 8 nitrogen and oxygen atoms in total. The van der Waals surface area contributed by atoms with E-state index in [1.54, 1.807) is 60.7 Å². The number of rotatable bonds is 6. The Morgan fingerprint density at radius 3 is 1.30 bits per heavy atom. The molecule has 3 aromatic carbocycles. The Kier molecular flexibility index (Phi) is 13.1. The highest BCUT2D eigenvalue weighted by atomic mass is 16.5. The fourth-order valence-electron chi connectivity index (χ4n) is 3.44. The summed E-state index contributed by atoms with van der Waals surface area (Å²) in [6.45, 7) is 20.3. The highest BCUT2D eigenvalue weighted by Gasteiger charge is 2.16. The molecule has 0 aromatic heterocycles. The van der Waals surface area contributed by atoms with Crippen molar-refractivity contribution in [3.05, 3.63) is 137 Å². The minimum absolute atomic E-state index is 0.163. The largest absolute Gasteiger partial charge is 0.422 e. The Morgan fingerprint density at radius 2 is 0.860 bits per heavy atom. The highest BCUT2D eigenvalue weighted by molar-refractivity contribution is 5.91. The summed E-state index contributed by atoms with van der Waals surface area (Å²) in [5.41, 5.74) is 4.32. The Bertz CT molecular complexity index is 2190. The summed E-state index contributed by atoms with van der Waals surface area (Å²) in [6, 6.07) is 16.9. The molecule has 0 spiro atoms. The van der Waals surface area contributed by atoms with E-state index in [0.717, 1.165) is 0 Å². The summed E-state index contributed by atoms with van der Waals surface area (Å²) in [7, 11) is 0. The molecule has 0 bridgehead atoms. The van der Waals surface area contributed by atoms with Gasteiger partial charge in [-0.3, -0.25) is 0 Å². The molecule has 50 heavy (non-hydrogen) atoms. The highest BCUT2D eigenvalue weighted by Crippen LogP contribution is 2.34. The molecule has 0 saturated heterocycles. The average Bonchev–Trinajstić information content (AvgIpc) is 3.08. The van der Waals surface area contributed by atoms with Crippen molar-refractivity contribution in [2.45, 2.75) is 27.7 Å². The zero-order valence-corrected chi connectivity index (χ0v) is 27.9. The molecule has 0 aliphatic heterocycles. The zero-order valence-electron chi connectivity index (χ0n) is 27.9. The van der Waals surface area contributed by atoms with Crippen LogP contribution in [-0.2, 0) is 33.4 Å². The lowest BCUT2D eigenvalue weighted by molar-refractivity contribution is -0.133. The Hall–Kier alpha value is -7.26. The van der Waals surface area contributed by atoms with Gasteiger partial charge in [-0.25, -0.2) is 19.2 Å². The summed E-state index contributed by atoms with van der Waals surface area (Å²) < 4.78 is 20.4. The first kappa shape index (κ1) is 37.2. The van der Waals surface area contributed by atoms with E-state index in [1.165, 1.54) is 27.7 Å². The number of carbonyl (C=O) groups excluding carboxylic acids is 4. The molecule has 0 aliphatic rings. The van der Waals surface area contributed by atoms with Gasteiger partial charge in [-0.05, 0) is 99.6 Å². The maximum atomic E-state index is 12.7. The summed E-state index contributed by atoms with van der Waals surface area (Å²) >= 11 is 0. The summed E-state index contributed by atoms with van der Waals surface area (Å²) in [5.74, 6) is 11.9. The first-order valence-corrected chi connectivity index (χ1v) is 14.7. The molecule has 3 rings (SSSR count). The second-order valence-corrected chi connectivity index (χ2v) is 10.7. The van der Waals surface area contributed by atoms with Crippen molar-refractivity contribution < 1.29 is 38.1 Å². The molecule has 0 saturated carbocycles. The SMILES string of the molecule is C=C(C)C(=O)OC#Cc1ccc(C#Cc2cc(OC(=O)C(=C)C)c(-c3ccc(C#COC(=O)C(=C)C)cc3)cc2C#COC(=O)C(=C)C)cc1. The summed E-state index contributed by atoms with van der Waals surface area (Å²) in [5, 5.41) is 0. The van der Waals surface area contributed by atoms with Gasteiger partial charge in [-0.1, -0.05) is 50.3 Å². The van der Waals surface area contributed by atoms with Crippen LogP contribution in [0.1, 0.15) is 55.5 Å². The van der Waals surface area contributed by atoms with Crippen LogP contribution in [-0.4, -0.2) is 23.9 Å². The normalized spacial score (nSPS) is 9.20. The molecule has 246 valence electrons. The molecular formula is C42H30O8. The Morgan fingerprint density at radius 1 is 0.480 bits per heavy atom. The topological polar surface area (TPSA) is 105 Å². The molecule has 0 atom stereocenters. The fraction of sp³-hybridized carbons (Fsp3) is 0.0952. The van der Waals surface area contributed by atoms with Crippen LogP contribution in [0, 0.1) is 47.9 Å². The van der Waals surface area contributed by atoms with Gasteiger partial charge in [-0.2, -0.15) is 0 Å². The van der Waals surface area contributed by atoms with Gasteiger partial charge in [0.15, 0.2) is 0 Å². The molecule has 0 aliphatic carbocycles. The summed E-state index contributed by atoms with van der Waals surface area (Å²) in [6.07, 6.45) is 7.09. The standard InChI is InChI=1S/C42H30O8/c1-27(2)39(43)47-22-19-32-11-9-31(10-12-32)15-18-35-26-38(50-42(46)30(7)8)37(25-36(35)21-24-49-41(45)29(5)6)34-16-13-33(14-17-34)20-23-48-40(44)28(3)4/h9-14,16-17,25-26H,1,3,5,7H2,2,4,6,8H3. The van der Waals surface area contributed by atoms with Gasteiger partial charge in [0.25, 0.3) is 0 Å². The van der Waals surface area contributed by atoms with E-state index in [0.29, 0.717) is 38.9 Å². The first-order chi connectivity index (χ1) is 23.7. The lowest BCUT2D eigenvalue weighted by Gasteiger charge is -2.13. The predicted molar refractivity (Wildman–Crippen MR) is 188 cm³/mol. The van der Waals surface area contributed by atoms with Crippen molar-refractivity contribution in [1.29, 1.82) is 0 Å². The van der Waals surface area contributed by atoms with Crippen molar-refractivity contribution >= 4 is 23.9 Å². The van der Waals surface area contributed by atoms with Crippen LogP contribution >= 0.6 is 0 Å². The monoisotopic (exact) mass is 662 g/mol. The lowest BCUT2D eigenvalue weighted by atomic mass is 9.97. The van der Waals surface area contributed by atoms with Gasteiger partial charge in [0.1, 0.15) is 24.1 Å². The van der Waals surface area contributed by atoms with Crippen LogP contribution in [0.3, 0.4) is 0 Å². The van der Waals surface area contributed by atoms with E-state index in [1.807, 2.05) is 0 Å². The number of hydrogen-bond donors (Lipinski definition) is 0. The molecule has 0 N–H and O–H groups in total. The molecule has 0 heterocycles. The number of benzene rings is 3. The van der Waals surface area contributed by atoms with Gasteiger partial charge in [-0.15, -0.1) is 0 Å². The van der Waals surface area contributed by atoms with Crippen LogP contribution in [0.2, 0.25) is 0 Å². The molecule has 8 heteroatoms. The van der Waals surface area contributed by atoms with E-state index in [4.69, 9.17) is 18.9 Å². The average molecular weight is 663 g/mol. The van der Waals surface area contributed by atoms with Gasteiger partial charge >= 0.3 is 23.9 Å². The number of esters is 4. The Balaban J connectivity index is 2.09. The van der Waals surface area contributed by atoms with E-state index < -0.39 is 23.9 Å². The predicted octanol–water partition coefficient (Wildman–Crippen LogP) is 6.52. The smallest absolute Gasteiger partial charge is 0.347 e. The van der Waals surface area contributed by atoms with Crippen molar-refractivity contribution in [1.82, 2.24) is 0 Å². The third-order valence-electron chi connectivity index (χ3n) is 6.15. The molecule has 0 radical (unpaired) electrons. The second-order valence-electron chi connectivity index (χ2n) is 10.7. The first-order valence-electron chi connectivity index (χ1n) is 14.7. The maximum absolute atomic E-state index is 12.7. The number of ether oxygens (including phenoxy) is 4. The van der Waals surface area contributed by atoms with Crippen molar-refractivity contribution in [2.24, 2.45) is 0 Å². The van der Waals surface area contributed by atoms with Crippen LogP contribution in [0.4, 0.5) is 0 Å². The van der Waals surface area contributed by atoms with Crippen molar-refractivity contribution in [3.63, 3.8) is 0 Å². The molecule has 0 fully saturated rings. The Labute approximate surface area is 291 Å². The minimum Gasteiger partial charge on any atom is -0.422 e. The zero-order chi connectivity index (χ0) is 36.8. The number of carbonyl (C=O) groups is 4. The number of hydrogen-bond acceptors (Lipinski definition) is 8. The van der Waals surface area contributed by atoms with E-state index in [-0.39, 0.29) is 28.0 Å². The lowest BCUT2D eigenvalue weighted by Crippen LogP contribution is -2.09. The fourth-order valence-corrected chi connectivity index (χ4v) is 3.44. The second kappa shape index (κ2) is 17.6. The molecule has 3 aromatic rings. The van der Waals surface area contributed by atoms with E-state index in [9.17, 15) is 19.2 Å².